The summed E-state index contributed by atoms with van der Waals surface area (Å²) < 4.78 is 36.3. The van der Waals surface area contributed by atoms with Gasteiger partial charge in [-0.1, -0.05) is 36.8 Å². The molecule has 0 radical (unpaired) electrons. The highest BCUT2D eigenvalue weighted by molar-refractivity contribution is 7.93. The molecular formula is C24H31NO6S. The van der Waals surface area contributed by atoms with Crippen LogP contribution in [0.1, 0.15) is 37.9 Å². The van der Waals surface area contributed by atoms with Crippen molar-refractivity contribution >= 4 is 15.8 Å². The van der Waals surface area contributed by atoms with E-state index in [1.54, 1.807) is 30.3 Å². The van der Waals surface area contributed by atoms with Crippen molar-refractivity contribution in [3.8, 4) is 5.75 Å². The summed E-state index contributed by atoms with van der Waals surface area (Å²) in [6.07, 6.45) is 2.28. The van der Waals surface area contributed by atoms with Crippen molar-refractivity contribution < 1.29 is 27.8 Å². The Balaban J connectivity index is 1.96. The predicted octanol–water partition coefficient (Wildman–Crippen LogP) is 3.56. The first kappa shape index (κ1) is 24.2. The number of carboxylic acids is 1. The molecule has 2 aromatic carbocycles. The summed E-state index contributed by atoms with van der Waals surface area (Å²) >= 11 is 0. The van der Waals surface area contributed by atoms with E-state index in [9.17, 15) is 18.3 Å². The molecule has 2 aromatic rings. The number of piperidine rings is 1. The van der Waals surface area contributed by atoms with E-state index in [4.69, 9.17) is 9.47 Å². The Labute approximate surface area is 189 Å². The zero-order chi connectivity index (χ0) is 23.2. The molecule has 1 heterocycles. The average molecular weight is 462 g/mol. The molecule has 1 fully saturated rings. The smallest absolute Gasteiger partial charge is 0.328 e. The van der Waals surface area contributed by atoms with Gasteiger partial charge in [0.15, 0.2) is 9.84 Å². The van der Waals surface area contributed by atoms with Crippen molar-refractivity contribution in [3.63, 3.8) is 0 Å². The van der Waals surface area contributed by atoms with Crippen LogP contribution < -0.4 is 4.74 Å². The fourth-order valence-corrected chi connectivity index (χ4v) is 5.75. The van der Waals surface area contributed by atoms with Crippen LogP contribution in [0.3, 0.4) is 0 Å². The number of benzene rings is 2. The Morgan fingerprint density at radius 2 is 1.69 bits per heavy atom. The molecule has 3 rings (SSSR count). The molecule has 1 aliphatic rings. The number of carboxylic acid groups (broad SMARTS) is 1. The lowest BCUT2D eigenvalue weighted by atomic mass is 9.96. The van der Waals surface area contributed by atoms with Gasteiger partial charge in [0.25, 0.3) is 0 Å². The summed E-state index contributed by atoms with van der Waals surface area (Å²) in [5, 5.41) is 10.2. The highest BCUT2D eigenvalue weighted by Gasteiger charge is 2.55. The SMILES string of the molecule is COc1ccc(S(=O)(=O)C(C)(C(=O)O)C(OCCN2CCCCC2)c2ccccc2)cc1. The first-order valence-corrected chi connectivity index (χ1v) is 12.3. The normalized spacial score (nSPS) is 17.9. The number of likely N-dealkylation sites (tertiary alicyclic amines) is 1. The van der Waals surface area contributed by atoms with E-state index < -0.39 is 26.7 Å². The van der Waals surface area contributed by atoms with Crippen molar-refractivity contribution in [3.05, 3.63) is 60.2 Å². The summed E-state index contributed by atoms with van der Waals surface area (Å²) in [6.45, 7) is 4.04. The fraction of sp³-hybridized carbons (Fsp3) is 0.458. The average Bonchev–Trinajstić information content (AvgIpc) is 2.82. The van der Waals surface area contributed by atoms with E-state index >= 15 is 0 Å². The molecule has 8 heteroatoms. The van der Waals surface area contributed by atoms with Crippen molar-refractivity contribution in [2.24, 2.45) is 0 Å². The zero-order valence-corrected chi connectivity index (χ0v) is 19.4. The van der Waals surface area contributed by atoms with Crippen LogP contribution in [0.4, 0.5) is 0 Å². The molecule has 0 saturated carbocycles. The van der Waals surface area contributed by atoms with Gasteiger partial charge in [0, 0.05) is 6.54 Å². The van der Waals surface area contributed by atoms with Crippen LogP contribution in [0, 0.1) is 0 Å². The standard InChI is InChI=1S/C24H31NO6S/c1-24(23(26)27,32(28,29)21-13-11-20(30-2)12-14-21)22(19-9-5-3-6-10-19)31-18-17-25-15-7-4-8-16-25/h3,5-6,9-14,22H,4,7-8,15-18H2,1-2H3,(H,26,27). The quantitative estimate of drug-likeness (QED) is 0.578. The van der Waals surface area contributed by atoms with Gasteiger partial charge in [-0.25, -0.2) is 8.42 Å². The van der Waals surface area contributed by atoms with Gasteiger partial charge in [0.2, 0.25) is 4.75 Å². The van der Waals surface area contributed by atoms with E-state index in [-0.39, 0.29) is 11.5 Å². The van der Waals surface area contributed by atoms with E-state index in [1.807, 2.05) is 0 Å². The molecule has 0 spiro atoms. The van der Waals surface area contributed by atoms with Crippen LogP contribution in [0.2, 0.25) is 0 Å². The summed E-state index contributed by atoms with van der Waals surface area (Å²) in [5.41, 5.74) is 0.508. The van der Waals surface area contributed by atoms with E-state index in [0.717, 1.165) is 25.9 Å². The molecule has 1 saturated heterocycles. The number of hydrogen-bond donors (Lipinski definition) is 1. The number of aliphatic carboxylic acids is 1. The molecule has 0 bridgehead atoms. The molecule has 1 aliphatic heterocycles. The third-order valence-corrected chi connectivity index (χ3v) is 8.49. The lowest BCUT2D eigenvalue weighted by Crippen LogP contribution is -2.50. The van der Waals surface area contributed by atoms with Gasteiger partial charge in [0.1, 0.15) is 11.9 Å². The second kappa shape index (κ2) is 10.5. The molecule has 0 aliphatic carbocycles. The third kappa shape index (κ3) is 4.98. The largest absolute Gasteiger partial charge is 0.497 e. The number of rotatable bonds is 10. The van der Waals surface area contributed by atoms with Gasteiger partial charge < -0.3 is 19.5 Å². The Morgan fingerprint density at radius 1 is 1.06 bits per heavy atom. The maximum Gasteiger partial charge on any atom is 0.328 e. The minimum Gasteiger partial charge on any atom is -0.497 e. The van der Waals surface area contributed by atoms with Crippen LogP contribution in [-0.4, -0.2) is 62.5 Å². The predicted molar refractivity (Wildman–Crippen MR) is 122 cm³/mol. The fourth-order valence-electron chi connectivity index (χ4n) is 4.05. The Bertz CT molecular complexity index is 987. The monoisotopic (exact) mass is 461 g/mol. The highest BCUT2D eigenvalue weighted by atomic mass is 32.2. The molecule has 0 amide bonds. The first-order chi connectivity index (χ1) is 15.3. The summed E-state index contributed by atoms with van der Waals surface area (Å²) in [4.78, 5) is 14.7. The molecule has 32 heavy (non-hydrogen) atoms. The van der Waals surface area contributed by atoms with Gasteiger partial charge >= 0.3 is 5.97 Å². The molecule has 2 atom stereocenters. The van der Waals surface area contributed by atoms with Gasteiger partial charge in [-0.05, 0) is 62.7 Å². The number of methoxy groups -OCH3 is 1. The van der Waals surface area contributed by atoms with E-state index in [2.05, 4.69) is 4.90 Å². The Kier molecular flexibility index (Phi) is 7.92. The number of sulfone groups is 1. The number of carbonyl (C=O) groups is 1. The number of hydrogen-bond acceptors (Lipinski definition) is 6. The van der Waals surface area contributed by atoms with Crippen LogP contribution >= 0.6 is 0 Å². The first-order valence-electron chi connectivity index (χ1n) is 10.8. The molecule has 174 valence electrons. The molecule has 7 nitrogen and oxygen atoms in total. The minimum atomic E-state index is -4.32. The lowest BCUT2D eigenvalue weighted by molar-refractivity contribution is -0.144. The topological polar surface area (TPSA) is 93.1 Å². The number of nitrogens with zero attached hydrogens (tertiary/aromatic N) is 1. The van der Waals surface area contributed by atoms with Gasteiger partial charge in [0.05, 0.1) is 18.6 Å². The highest BCUT2D eigenvalue weighted by Crippen LogP contribution is 2.40. The summed E-state index contributed by atoms with van der Waals surface area (Å²) in [7, 11) is -2.84. The zero-order valence-electron chi connectivity index (χ0n) is 18.6. The molecular weight excluding hydrogens is 430 g/mol. The third-order valence-electron chi connectivity index (χ3n) is 6.10. The van der Waals surface area contributed by atoms with Gasteiger partial charge in [-0.15, -0.1) is 0 Å². The van der Waals surface area contributed by atoms with Crippen LogP contribution in [0.5, 0.6) is 5.75 Å². The Hall–Kier alpha value is -2.42. The van der Waals surface area contributed by atoms with Crippen LogP contribution in [-0.2, 0) is 19.4 Å². The van der Waals surface area contributed by atoms with Crippen LogP contribution in [0.15, 0.2) is 59.5 Å². The van der Waals surface area contributed by atoms with Crippen molar-refractivity contribution in [2.75, 3.05) is 33.4 Å². The van der Waals surface area contributed by atoms with E-state index in [1.165, 1.54) is 44.7 Å². The summed E-state index contributed by atoms with van der Waals surface area (Å²) in [6, 6.07) is 14.4. The molecule has 2 unspecified atom stereocenters. The van der Waals surface area contributed by atoms with Gasteiger partial charge in [-0.3, -0.25) is 4.79 Å². The second-order valence-corrected chi connectivity index (χ2v) is 10.5. The van der Waals surface area contributed by atoms with Gasteiger partial charge in [-0.2, -0.15) is 0 Å². The maximum absolute atomic E-state index is 13.7. The second-order valence-electron chi connectivity index (χ2n) is 8.15. The van der Waals surface area contributed by atoms with Crippen molar-refractivity contribution in [1.29, 1.82) is 0 Å². The van der Waals surface area contributed by atoms with E-state index in [0.29, 0.717) is 17.9 Å². The van der Waals surface area contributed by atoms with Crippen molar-refractivity contribution in [1.82, 2.24) is 4.90 Å². The van der Waals surface area contributed by atoms with Crippen molar-refractivity contribution in [2.45, 2.75) is 41.9 Å². The Morgan fingerprint density at radius 3 is 2.25 bits per heavy atom. The summed E-state index contributed by atoms with van der Waals surface area (Å²) in [5.74, 6) is -0.974. The minimum absolute atomic E-state index is 0.0937. The molecule has 0 aromatic heterocycles. The maximum atomic E-state index is 13.7. The van der Waals surface area contributed by atoms with Crippen LogP contribution in [0.25, 0.3) is 0 Å². The lowest BCUT2D eigenvalue weighted by Gasteiger charge is -2.34. The number of ether oxygens (including phenoxy) is 2. The molecule has 1 N–H and O–H groups in total.